The summed E-state index contributed by atoms with van der Waals surface area (Å²) >= 11 is 0. The highest BCUT2D eigenvalue weighted by Crippen LogP contribution is 2.23. The molecule has 0 saturated carbocycles. The van der Waals surface area contributed by atoms with Crippen LogP contribution in [-0.4, -0.2) is 27.0 Å². The largest absolute Gasteiger partial charge is 0.481 e. The molecule has 0 amide bonds. The van der Waals surface area contributed by atoms with Crippen LogP contribution in [0.4, 0.5) is 8.78 Å². The normalized spacial score (nSPS) is 11.1. The van der Waals surface area contributed by atoms with Gasteiger partial charge in [0, 0.05) is 47.9 Å². The molecule has 4 aromatic heterocycles. The van der Waals surface area contributed by atoms with Gasteiger partial charge in [0.2, 0.25) is 11.8 Å². The number of halogens is 2. The topological polar surface area (TPSA) is 63.7 Å². The second-order valence-electron chi connectivity index (χ2n) is 6.18. The van der Waals surface area contributed by atoms with Gasteiger partial charge < -0.3 is 9.72 Å². The first kappa shape index (κ1) is 17.1. The molecule has 4 rings (SSSR count). The molecule has 27 heavy (non-hydrogen) atoms. The number of pyridine rings is 3. The molecule has 5 nitrogen and oxygen atoms in total. The highest BCUT2D eigenvalue weighted by Gasteiger charge is 2.13. The molecule has 0 aliphatic carbocycles. The first-order chi connectivity index (χ1) is 13.1. The molecule has 7 heteroatoms. The van der Waals surface area contributed by atoms with Crippen molar-refractivity contribution < 1.29 is 13.5 Å². The van der Waals surface area contributed by atoms with Crippen molar-refractivity contribution in [3.8, 4) is 5.88 Å². The van der Waals surface area contributed by atoms with E-state index in [9.17, 15) is 8.78 Å². The summed E-state index contributed by atoms with van der Waals surface area (Å²) < 4.78 is 33.0. The van der Waals surface area contributed by atoms with Crippen LogP contribution in [0, 0.1) is 11.8 Å². The Morgan fingerprint density at radius 3 is 2.74 bits per heavy atom. The summed E-state index contributed by atoms with van der Waals surface area (Å²) in [5, 5.41) is 0.943. The molecule has 0 radical (unpaired) electrons. The number of nitrogens with zero attached hydrogens (tertiary/aromatic N) is 3. The standard InChI is InChI=1S/C20H16F2N4O/c1-27-20-14(8-16(21)11-26-20)6-12-5-13(18(22)24-9-12)7-15-10-25-19-17(15)3-2-4-23-19/h2-5,8-11H,6-7H2,1H3,(H,23,25). The molecule has 0 aliphatic heterocycles. The Hall–Kier alpha value is -3.35. The average molecular weight is 366 g/mol. The zero-order valence-electron chi connectivity index (χ0n) is 14.5. The van der Waals surface area contributed by atoms with Gasteiger partial charge in [-0.25, -0.2) is 19.3 Å². The van der Waals surface area contributed by atoms with Crippen LogP contribution >= 0.6 is 0 Å². The van der Waals surface area contributed by atoms with Crippen LogP contribution in [0.2, 0.25) is 0 Å². The Morgan fingerprint density at radius 1 is 1.00 bits per heavy atom. The fraction of sp³-hybridized carbons (Fsp3) is 0.150. The van der Waals surface area contributed by atoms with Gasteiger partial charge >= 0.3 is 0 Å². The molecular formula is C20H16F2N4O. The van der Waals surface area contributed by atoms with Crippen LogP contribution in [0.15, 0.2) is 49.1 Å². The Morgan fingerprint density at radius 2 is 1.89 bits per heavy atom. The minimum atomic E-state index is -0.527. The van der Waals surface area contributed by atoms with Crippen molar-refractivity contribution in [3.05, 3.63) is 83.1 Å². The molecule has 0 spiro atoms. The van der Waals surface area contributed by atoms with Crippen molar-refractivity contribution >= 4 is 11.0 Å². The van der Waals surface area contributed by atoms with Crippen LogP contribution in [0.5, 0.6) is 5.88 Å². The number of rotatable bonds is 5. The number of aromatic amines is 1. The summed E-state index contributed by atoms with van der Waals surface area (Å²) in [6.07, 6.45) is 6.78. The quantitative estimate of drug-likeness (QED) is 0.546. The lowest BCUT2D eigenvalue weighted by atomic mass is 10.0. The molecule has 0 atom stereocenters. The third-order valence-electron chi connectivity index (χ3n) is 4.37. The molecule has 0 aliphatic rings. The van der Waals surface area contributed by atoms with Gasteiger partial charge in [-0.1, -0.05) is 0 Å². The molecule has 0 aromatic carbocycles. The number of aromatic nitrogens is 4. The van der Waals surface area contributed by atoms with E-state index < -0.39 is 11.8 Å². The van der Waals surface area contributed by atoms with E-state index in [0.29, 0.717) is 29.8 Å². The first-order valence-electron chi connectivity index (χ1n) is 8.36. The maximum absolute atomic E-state index is 14.3. The monoisotopic (exact) mass is 366 g/mol. The minimum absolute atomic E-state index is 0.337. The molecule has 1 N–H and O–H groups in total. The second kappa shape index (κ2) is 7.11. The van der Waals surface area contributed by atoms with E-state index in [0.717, 1.165) is 28.4 Å². The maximum Gasteiger partial charge on any atom is 0.216 e. The van der Waals surface area contributed by atoms with Crippen molar-refractivity contribution in [2.24, 2.45) is 0 Å². The molecular weight excluding hydrogens is 350 g/mol. The number of fused-ring (bicyclic) bond motifs is 1. The average Bonchev–Trinajstić information content (AvgIpc) is 3.08. The van der Waals surface area contributed by atoms with Crippen molar-refractivity contribution in [2.75, 3.05) is 7.11 Å². The smallest absolute Gasteiger partial charge is 0.216 e. The van der Waals surface area contributed by atoms with Crippen LogP contribution < -0.4 is 4.74 Å². The predicted octanol–water partition coefficient (Wildman–Crippen LogP) is 3.82. The zero-order chi connectivity index (χ0) is 18.8. The maximum atomic E-state index is 14.3. The summed E-state index contributed by atoms with van der Waals surface area (Å²) in [6, 6.07) is 6.88. The molecule has 0 bridgehead atoms. The molecule has 0 saturated heterocycles. The predicted molar refractivity (Wildman–Crippen MR) is 96.6 cm³/mol. The van der Waals surface area contributed by atoms with Crippen LogP contribution in [0.1, 0.15) is 22.3 Å². The summed E-state index contributed by atoms with van der Waals surface area (Å²) in [6.45, 7) is 0. The number of methoxy groups -OCH3 is 1. The second-order valence-corrected chi connectivity index (χ2v) is 6.18. The lowest BCUT2D eigenvalue weighted by Gasteiger charge is -2.09. The zero-order valence-corrected chi connectivity index (χ0v) is 14.5. The summed E-state index contributed by atoms with van der Waals surface area (Å²) in [5.74, 6) is -0.640. The SMILES string of the molecule is COc1ncc(F)cc1Cc1cnc(F)c(Cc2c[nH]c3ncccc23)c1. The Bertz CT molecular complexity index is 1110. The fourth-order valence-corrected chi connectivity index (χ4v) is 3.13. The van der Waals surface area contributed by atoms with Crippen molar-refractivity contribution in [2.45, 2.75) is 12.8 Å². The van der Waals surface area contributed by atoms with E-state index in [1.807, 2.05) is 18.3 Å². The molecule has 4 heterocycles. The van der Waals surface area contributed by atoms with Gasteiger partial charge in [-0.3, -0.25) is 0 Å². The van der Waals surface area contributed by atoms with Crippen LogP contribution in [-0.2, 0) is 12.8 Å². The number of ether oxygens (including phenoxy) is 1. The van der Waals surface area contributed by atoms with Gasteiger partial charge in [0.1, 0.15) is 11.5 Å². The highest BCUT2D eigenvalue weighted by atomic mass is 19.1. The van der Waals surface area contributed by atoms with E-state index in [-0.39, 0.29) is 0 Å². The van der Waals surface area contributed by atoms with E-state index in [2.05, 4.69) is 19.9 Å². The Kier molecular flexibility index (Phi) is 4.50. The van der Waals surface area contributed by atoms with Gasteiger partial charge in [-0.2, -0.15) is 4.39 Å². The molecule has 0 unspecified atom stereocenters. The number of nitrogens with one attached hydrogen (secondary N) is 1. The Labute approximate surface area is 154 Å². The summed E-state index contributed by atoms with van der Waals surface area (Å²) in [4.78, 5) is 15.1. The third kappa shape index (κ3) is 3.48. The van der Waals surface area contributed by atoms with Crippen molar-refractivity contribution in [1.29, 1.82) is 0 Å². The van der Waals surface area contributed by atoms with Crippen molar-refractivity contribution in [3.63, 3.8) is 0 Å². The summed E-state index contributed by atoms with van der Waals surface area (Å²) in [7, 11) is 1.48. The van der Waals surface area contributed by atoms with Gasteiger partial charge in [-0.05, 0) is 35.4 Å². The van der Waals surface area contributed by atoms with E-state index in [4.69, 9.17) is 4.74 Å². The first-order valence-corrected chi connectivity index (χ1v) is 8.36. The van der Waals surface area contributed by atoms with Gasteiger partial charge in [-0.15, -0.1) is 0 Å². The van der Waals surface area contributed by atoms with Gasteiger partial charge in [0.05, 0.1) is 13.3 Å². The summed E-state index contributed by atoms with van der Waals surface area (Å²) in [5.41, 5.74) is 3.47. The fourth-order valence-electron chi connectivity index (χ4n) is 3.13. The Balaban J connectivity index is 1.65. The molecule has 4 aromatic rings. The lowest BCUT2D eigenvalue weighted by molar-refractivity contribution is 0.391. The highest BCUT2D eigenvalue weighted by molar-refractivity contribution is 5.79. The minimum Gasteiger partial charge on any atom is -0.481 e. The molecule has 136 valence electrons. The van der Waals surface area contributed by atoms with Crippen LogP contribution in [0.3, 0.4) is 0 Å². The van der Waals surface area contributed by atoms with E-state index in [1.165, 1.54) is 19.4 Å². The number of H-pyrrole nitrogens is 1. The van der Waals surface area contributed by atoms with Gasteiger partial charge in [0.15, 0.2) is 0 Å². The lowest BCUT2D eigenvalue weighted by Crippen LogP contribution is -2.01. The van der Waals surface area contributed by atoms with E-state index in [1.54, 1.807) is 12.3 Å². The van der Waals surface area contributed by atoms with E-state index >= 15 is 0 Å². The van der Waals surface area contributed by atoms with Crippen molar-refractivity contribution in [1.82, 2.24) is 19.9 Å². The third-order valence-corrected chi connectivity index (χ3v) is 4.37. The van der Waals surface area contributed by atoms with Crippen LogP contribution in [0.25, 0.3) is 11.0 Å². The van der Waals surface area contributed by atoms with Gasteiger partial charge in [0.25, 0.3) is 0 Å². The molecule has 0 fully saturated rings. The number of hydrogen-bond donors (Lipinski definition) is 1. The number of hydrogen-bond acceptors (Lipinski definition) is 4.